The number of amides is 1. The Morgan fingerprint density at radius 3 is 2.74 bits per heavy atom. The van der Waals surface area contributed by atoms with Crippen LogP contribution in [-0.4, -0.2) is 17.4 Å². The third-order valence-corrected chi connectivity index (χ3v) is 3.78. The summed E-state index contributed by atoms with van der Waals surface area (Å²) in [5.74, 6) is -0.0598. The average Bonchev–Trinajstić information content (AvgIpc) is 2.73. The summed E-state index contributed by atoms with van der Waals surface area (Å²) in [6, 6.07) is 9.90. The third-order valence-electron chi connectivity index (χ3n) is 3.49. The summed E-state index contributed by atoms with van der Waals surface area (Å²) in [7, 11) is 0. The van der Waals surface area contributed by atoms with Crippen LogP contribution in [0.15, 0.2) is 41.0 Å². The van der Waals surface area contributed by atoms with E-state index in [4.69, 9.17) is 16.0 Å². The molecular weight excluding hydrogens is 262 g/mol. The molecule has 1 amide bonds. The maximum absolute atomic E-state index is 12.4. The maximum Gasteiger partial charge on any atom is 0.259 e. The fraction of sp³-hybridized carbons (Fsp3) is 0.267. The van der Waals surface area contributed by atoms with Gasteiger partial charge >= 0.3 is 0 Å². The molecule has 0 N–H and O–H groups in total. The topological polar surface area (TPSA) is 33.5 Å². The Hall–Kier alpha value is -1.74. The summed E-state index contributed by atoms with van der Waals surface area (Å²) in [5, 5.41) is 0.169. The van der Waals surface area contributed by atoms with Gasteiger partial charge in [0, 0.05) is 13.1 Å². The first-order valence-corrected chi connectivity index (χ1v) is 6.72. The van der Waals surface area contributed by atoms with E-state index in [1.807, 2.05) is 17.0 Å². The molecule has 3 nitrogen and oxygen atoms in total. The minimum atomic E-state index is -0.0598. The molecule has 3 rings (SSSR count). The lowest BCUT2D eigenvalue weighted by Gasteiger charge is -2.20. The number of fused-ring (bicyclic) bond motifs is 1. The highest BCUT2D eigenvalue weighted by atomic mass is 35.5. The van der Waals surface area contributed by atoms with Crippen molar-refractivity contribution in [2.75, 3.05) is 6.54 Å². The lowest BCUT2D eigenvalue weighted by atomic mass is 10.0. The first kappa shape index (κ1) is 12.3. The maximum atomic E-state index is 12.4. The number of nitrogens with zero attached hydrogens (tertiary/aromatic N) is 1. The molecule has 0 saturated carbocycles. The van der Waals surface area contributed by atoms with Crippen LogP contribution in [0.25, 0.3) is 0 Å². The van der Waals surface area contributed by atoms with Crippen molar-refractivity contribution in [2.45, 2.75) is 19.4 Å². The van der Waals surface area contributed by atoms with Gasteiger partial charge in [-0.3, -0.25) is 4.79 Å². The monoisotopic (exact) mass is 275 g/mol. The van der Waals surface area contributed by atoms with E-state index in [-0.39, 0.29) is 11.1 Å². The highest BCUT2D eigenvalue weighted by Gasteiger charge is 2.22. The molecule has 0 aliphatic carbocycles. The number of aryl methyl sites for hydroxylation is 1. The molecule has 4 heteroatoms. The number of rotatable bonds is 1. The van der Waals surface area contributed by atoms with Crippen LogP contribution >= 0.6 is 11.6 Å². The normalized spacial score (nSPS) is 14.9. The highest BCUT2D eigenvalue weighted by molar-refractivity contribution is 6.32. The van der Waals surface area contributed by atoms with Crippen LogP contribution in [0, 0.1) is 0 Å². The first-order chi connectivity index (χ1) is 9.25. The van der Waals surface area contributed by atoms with Crippen LogP contribution in [0.3, 0.4) is 0 Å². The number of carbonyl (C=O) groups is 1. The molecule has 1 aromatic carbocycles. The Balaban J connectivity index is 1.87. The SMILES string of the molecule is O=C(c1ccoc1Cl)N1CCCc2ccccc2C1. The second-order valence-electron chi connectivity index (χ2n) is 4.71. The molecule has 2 heterocycles. The minimum Gasteiger partial charge on any atom is -0.452 e. The van der Waals surface area contributed by atoms with Crippen molar-refractivity contribution in [3.8, 4) is 0 Å². The summed E-state index contributed by atoms with van der Waals surface area (Å²) in [4.78, 5) is 14.3. The van der Waals surface area contributed by atoms with Gasteiger partial charge < -0.3 is 9.32 Å². The fourth-order valence-electron chi connectivity index (χ4n) is 2.49. The second-order valence-corrected chi connectivity index (χ2v) is 5.05. The molecule has 0 fully saturated rings. The molecule has 0 atom stereocenters. The van der Waals surface area contributed by atoms with E-state index in [0.29, 0.717) is 12.1 Å². The van der Waals surface area contributed by atoms with Crippen LogP contribution < -0.4 is 0 Å². The van der Waals surface area contributed by atoms with Gasteiger partial charge in [0.1, 0.15) is 0 Å². The molecule has 0 bridgehead atoms. The van der Waals surface area contributed by atoms with Crippen molar-refractivity contribution in [3.05, 3.63) is 58.5 Å². The molecule has 0 unspecified atom stereocenters. The van der Waals surface area contributed by atoms with Gasteiger partial charge in [-0.1, -0.05) is 24.3 Å². The van der Waals surface area contributed by atoms with Gasteiger partial charge in [0.2, 0.25) is 5.22 Å². The molecule has 19 heavy (non-hydrogen) atoms. The predicted molar refractivity (Wildman–Crippen MR) is 73.2 cm³/mol. The Labute approximate surface area is 116 Å². The van der Waals surface area contributed by atoms with Gasteiger partial charge in [-0.25, -0.2) is 0 Å². The summed E-state index contributed by atoms with van der Waals surface area (Å²) < 4.78 is 5.00. The van der Waals surface area contributed by atoms with Crippen molar-refractivity contribution in [1.29, 1.82) is 0 Å². The fourth-order valence-corrected chi connectivity index (χ4v) is 2.69. The summed E-state index contributed by atoms with van der Waals surface area (Å²) in [6.07, 6.45) is 3.43. The van der Waals surface area contributed by atoms with Gasteiger partial charge in [-0.15, -0.1) is 0 Å². The van der Waals surface area contributed by atoms with Crippen molar-refractivity contribution >= 4 is 17.5 Å². The molecule has 0 radical (unpaired) electrons. The number of hydrogen-bond donors (Lipinski definition) is 0. The van der Waals surface area contributed by atoms with Crippen molar-refractivity contribution in [1.82, 2.24) is 4.90 Å². The second kappa shape index (κ2) is 5.10. The lowest BCUT2D eigenvalue weighted by molar-refractivity contribution is 0.0745. The quantitative estimate of drug-likeness (QED) is 0.798. The van der Waals surface area contributed by atoms with Crippen LogP contribution in [0.5, 0.6) is 0 Å². The average molecular weight is 276 g/mol. The smallest absolute Gasteiger partial charge is 0.259 e. The molecule has 1 aliphatic heterocycles. The molecular formula is C15H14ClNO2. The molecule has 1 aromatic heterocycles. The lowest BCUT2D eigenvalue weighted by Crippen LogP contribution is -2.30. The van der Waals surface area contributed by atoms with Gasteiger partial charge in [-0.2, -0.15) is 0 Å². The summed E-state index contributed by atoms with van der Waals surface area (Å²) >= 11 is 5.88. The minimum absolute atomic E-state index is 0.0598. The van der Waals surface area contributed by atoms with E-state index < -0.39 is 0 Å². The number of benzene rings is 1. The molecule has 1 aliphatic rings. The number of hydrogen-bond acceptors (Lipinski definition) is 2. The Kier molecular flexibility index (Phi) is 3.30. The predicted octanol–water partition coefficient (Wildman–Crippen LogP) is 3.52. The molecule has 98 valence electrons. The van der Waals surface area contributed by atoms with Gasteiger partial charge in [0.05, 0.1) is 11.8 Å². The standard InChI is InChI=1S/C15H14ClNO2/c16-14-13(7-9-19-14)15(18)17-8-3-6-11-4-1-2-5-12(11)10-17/h1-2,4-5,7,9H,3,6,8,10H2. The van der Waals surface area contributed by atoms with Crippen molar-refractivity contribution < 1.29 is 9.21 Å². The van der Waals surface area contributed by atoms with Crippen LogP contribution in [0.2, 0.25) is 5.22 Å². The Morgan fingerprint density at radius 2 is 2.00 bits per heavy atom. The number of furan rings is 1. The van der Waals surface area contributed by atoms with E-state index in [9.17, 15) is 4.79 Å². The zero-order valence-corrected chi connectivity index (χ0v) is 11.2. The van der Waals surface area contributed by atoms with Gasteiger partial charge in [0.25, 0.3) is 5.91 Å². The molecule has 2 aromatic rings. The summed E-state index contributed by atoms with van der Waals surface area (Å²) in [6.45, 7) is 1.38. The van der Waals surface area contributed by atoms with E-state index in [0.717, 1.165) is 19.4 Å². The Bertz CT molecular complexity index is 606. The van der Waals surface area contributed by atoms with E-state index in [1.54, 1.807) is 6.07 Å². The largest absolute Gasteiger partial charge is 0.452 e. The van der Waals surface area contributed by atoms with Gasteiger partial charge in [0.15, 0.2) is 0 Å². The molecule has 0 spiro atoms. The zero-order chi connectivity index (χ0) is 13.2. The molecule has 0 saturated heterocycles. The van der Waals surface area contributed by atoms with Gasteiger partial charge in [-0.05, 0) is 41.6 Å². The van der Waals surface area contributed by atoms with Crippen LogP contribution in [0.1, 0.15) is 27.9 Å². The van der Waals surface area contributed by atoms with Crippen LogP contribution in [-0.2, 0) is 13.0 Å². The highest BCUT2D eigenvalue weighted by Crippen LogP contribution is 2.23. The summed E-state index contributed by atoms with van der Waals surface area (Å²) in [5.41, 5.74) is 2.99. The van der Waals surface area contributed by atoms with Crippen LogP contribution in [0.4, 0.5) is 0 Å². The van der Waals surface area contributed by atoms with E-state index >= 15 is 0 Å². The van der Waals surface area contributed by atoms with Crippen molar-refractivity contribution in [3.63, 3.8) is 0 Å². The van der Waals surface area contributed by atoms with E-state index in [1.165, 1.54) is 17.4 Å². The van der Waals surface area contributed by atoms with Crippen molar-refractivity contribution in [2.24, 2.45) is 0 Å². The van der Waals surface area contributed by atoms with E-state index in [2.05, 4.69) is 12.1 Å². The number of carbonyl (C=O) groups excluding carboxylic acids is 1. The Morgan fingerprint density at radius 1 is 1.21 bits per heavy atom. The number of halogens is 1. The third kappa shape index (κ3) is 2.38. The first-order valence-electron chi connectivity index (χ1n) is 6.35. The zero-order valence-electron chi connectivity index (χ0n) is 10.4.